The zero-order valence-corrected chi connectivity index (χ0v) is 18.5. The number of nitrogens with zero attached hydrogens (tertiary/aromatic N) is 2. The number of aryl methyl sites for hydroxylation is 6. The van der Waals surface area contributed by atoms with Gasteiger partial charge in [-0.2, -0.15) is 0 Å². The van der Waals surface area contributed by atoms with Crippen LogP contribution < -0.4 is 4.90 Å². The van der Waals surface area contributed by atoms with Crippen molar-refractivity contribution in [3.8, 4) is 0 Å². The first-order chi connectivity index (χ1) is 12.3. The van der Waals surface area contributed by atoms with Gasteiger partial charge in [0.2, 0.25) is 0 Å². The van der Waals surface area contributed by atoms with Gasteiger partial charge in [-0.25, -0.2) is 9.48 Å². The highest BCUT2D eigenvalue weighted by Gasteiger charge is 2.30. The van der Waals surface area contributed by atoms with Crippen LogP contribution in [0.4, 0.5) is 11.4 Å². The van der Waals surface area contributed by atoms with Crippen molar-refractivity contribution < 1.29 is 4.58 Å². The molecule has 138 valence electrons. The summed E-state index contributed by atoms with van der Waals surface area (Å²) in [6, 6.07) is 9.17. The van der Waals surface area contributed by atoms with Gasteiger partial charge in [-0.15, -0.1) is 0 Å². The molecule has 0 N–H and O–H groups in total. The van der Waals surface area contributed by atoms with Crippen LogP contribution in [0.15, 0.2) is 24.3 Å². The Balaban J connectivity index is 2.19. The van der Waals surface area contributed by atoms with E-state index in [0.29, 0.717) is 0 Å². The number of benzene rings is 2. The van der Waals surface area contributed by atoms with Crippen molar-refractivity contribution in [3.05, 3.63) is 57.6 Å². The van der Waals surface area contributed by atoms with Crippen LogP contribution in [0.1, 0.15) is 46.2 Å². The third-order valence-corrected chi connectivity index (χ3v) is 6.13. The fourth-order valence-electron chi connectivity index (χ4n) is 4.47. The number of rotatable bonds is 2. The van der Waals surface area contributed by atoms with E-state index in [1.807, 2.05) is 0 Å². The Kier molecular flexibility index (Phi) is 5.57. The van der Waals surface area contributed by atoms with Gasteiger partial charge in [-0.05, 0) is 76.6 Å². The van der Waals surface area contributed by atoms with Crippen molar-refractivity contribution >= 4 is 32.0 Å². The van der Waals surface area contributed by atoms with E-state index in [1.165, 1.54) is 62.3 Å². The van der Waals surface area contributed by atoms with E-state index in [-0.39, 0.29) is 0 Å². The molecule has 0 unspecified atom stereocenters. The van der Waals surface area contributed by atoms with E-state index in [0.717, 1.165) is 13.1 Å². The maximum Gasteiger partial charge on any atom is 0.325 e. The van der Waals surface area contributed by atoms with Crippen molar-refractivity contribution in [3.63, 3.8) is 0 Å². The number of hydrogen-bond donors (Lipinski definition) is 0. The predicted molar refractivity (Wildman–Crippen MR) is 117 cm³/mol. The first-order valence-corrected chi connectivity index (χ1v) is 10.3. The second-order valence-electron chi connectivity index (χ2n) is 7.77. The average molecular weight is 414 g/mol. The average Bonchev–Trinajstić information content (AvgIpc) is 2.69. The van der Waals surface area contributed by atoms with Gasteiger partial charge in [0.25, 0.3) is 0 Å². The molecule has 0 aliphatic carbocycles. The smallest absolute Gasteiger partial charge is 0.221 e. The number of amidine groups is 1. The Morgan fingerprint density at radius 3 is 1.81 bits per heavy atom. The van der Waals surface area contributed by atoms with Crippen LogP contribution >= 0.6 is 15.9 Å². The monoisotopic (exact) mass is 413 g/mol. The molecule has 1 aliphatic rings. The Hall–Kier alpha value is -1.61. The first-order valence-electron chi connectivity index (χ1n) is 9.53. The van der Waals surface area contributed by atoms with Gasteiger partial charge in [0, 0.05) is 15.9 Å². The van der Waals surface area contributed by atoms with Crippen molar-refractivity contribution in [1.29, 1.82) is 0 Å². The molecule has 2 nitrogen and oxygen atoms in total. The van der Waals surface area contributed by atoms with Crippen LogP contribution in [0.5, 0.6) is 0 Å². The molecule has 2 aromatic rings. The Morgan fingerprint density at radius 2 is 1.27 bits per heavy atom. The number of hydrogen-bond acceptors (Lipinski definition) is 1. The molecule has 2 aromatic carbocycles. The Bertz CT molecular complexity index is 834. The van der Waals surface area contributed by atoms with Crippen LogP contribution in [0.2, 0.25) is 0 Å². The van der Waals surface area contributed by atoms with Crippen LogP contribution in [0.3, 0.4) is 0 Å². The molecule has 0 bridgehead atoms. The molecule has 26 heavy (non-hydrogen) atoms. The van der Waals surface area contributed by atoms with Gasteiger partial charge in [0.05, 0.1) is 13.1 Å². The second-order valence-corrected chi connectivity index (χ2v) is 8.48. The lowest BCUT2D eigenvalue weighted by atomic mass is 10.0. The van der Waals surface area contributed by atoms with Gasteiger partial charge < -0.3 is 0 Å². The fraction of sp³-hybridized carbons (Fsp3) is 0.435. The molecule has 0 spiro atoms. The SMILES string of the molecule is Cc1cc(C)c(N2CCCC[N+](c3c(C)cc(C)cc3C)=C2Br)c(C)c1. The maximum absolute atomic E-state index is 3.99. The summed E-state index contributed by atoms with van der Waals surface area (Å²) in [7, 11) is 0. The molecule has 3 rings (SSSR count). The highest BCUT2D eigenvalue weighted by atomic mass is 79.9. The molecule has 3 heteroatoms. The van der Waals surface area contributed by atoms with E-state index >= 15 is 0 Å². The lowest BCUT2D eigenvalue weighted by Gasteiger charge is -2.21. The summed E-state index contributed by atoms with van der Waals surface area (Å²) in [5, 5.41) is 0. The third-order valence-electron chi connectivity index (χ3n) is 5.27. The van der Waals surface area contributed by atoms with Gasteiger partial charge in [-0.3, -0.25) is 0 Å². The standard InChI is InChI=1S/C23H30BrN2/c1-15-11-17(3)21(18(4)12-15)25-9-7-8-10-26(23(25)24)22-19(5)13-16(2)14-20(22)6/h11-14H,7-10H2,1-6H3/q+1. The topological polar surface area (TPSA) is 6.25 Å². The van der Waals surface area contributed by atoms with Crippen molar-refractivity contribution in [1.82, 2.24) is 0 Å². The molecule has 0 atom stereocenters. The molecule has 0 amide bonds. The summed E-state index contributed by atoms with van der Waals surface area (Å²) in [6.45, 7) is 15.4. The first kappa shape index (κ1) is 19.2. The molecule has 1 heterocycles. The quantitative estimate of drug-likeness (QED) is 0.417. The maximum atomic E-state index is 3.99. The van der Waals surface area contributed by atoms with Crippen molar-refractivity contribution in [2.75, 3.05) is 18.0 Å². The summed E-state index contributed by atoms with van der Waals surface area (Å²) in [4.78, 5) is 2.47. The molecule has 0 radical (unpaired) electrons. The van der Waals surface area contributed by atoms with Crippen LogP contribution in [0, 0.1) is 41.5 Å². The van der Waals surface area contributed by atoms with Gasteiger partial charge in [0.1, 0.15) is 11.4 Å². The summed E-state index contributed by atoms with van der Waals surface area (Å²) >= 11 is 3.99. The predicted octanol–water partition coefficient (Wildman–Crippen LogP) is 6.23. The molecule has 0 aromatic heterocycles. The largest absolute Gasteiger partial charge is 0.325 e. The van der Waals surface area contributed by atoms with Gasteiger partial charge in [-0.1, -0.05) is 35.4 Å². The molecular weight excluding hydrogens is 384 g/mol. The second kappa shape index (κ2) is 7.56. The lowest BCUT2D eigenvalue weighted by Crippen LogP contribution is -2.33. The highest BCUT2D eigenvalue weighted by Crippen LogP contribution is 2.32. The van der Waals surface area contributed by atoms with Crippen LogP contribution in [0.25, 0.3) is 0 Å². The lowest BCUT2D eigenvalue weighted by molar-refractivity contribution is -0.438. The van der Waals surface area contributed by atoms with Crippen molar-refractivity contribution in [2.45, 2.75) is 54.4 Å². The minimum Gasteiger partial charge on any atom is -0.221 e. The third kappa shape index (κ3) is 3.59. The van der Waals surface area contributed by atoms with Gasteiger partial charge >= 0.3 is 4.74 Å². The van der Waals surface area contributed by atoms with E-state index in [9.17, 15) is 0 Å². The zero-order valence-electron chi connectivity index (χ0n) is 16.9. The summed E-state index contributed by atoms with van der Waals surface area (Å²) in [6.07, 6.45) is 2.39. The molecule has 0 fully saturated rings. The Labute approximate surface area is 166 Å². The summed E-state index contributed by atoms with van der Waals surface area (Å²) < 4.78 is 3.63. The van der Waals surface area contributed by atoms with E-state index in [1.54, 1.807) is 0 Å². The van der Waals surface area contributed by atoms with E-state index < -0.39 is 0 Å². The van der Waals surface area contributed by atoms with Crippen molar-refractivity contribution in [2.24, 2.45) is 0 Å². The highest BCUT2D eigenvalue weighted by molar-refractivity contribution is 9.18. The Morgan fingerprint density at radius 1 is 0.769 bits per heavy atom. The normalized spacial score (nSPS) is 15.4. The van der Waals surface area contributed by atoms with E-state index in [2.05, 4.69) is 91.2 Å². The minimum absolute atomic E-state index is 1.05. The zero-order chi connectivity index (χ0) is 19.0. The van der Waals surface area contributed by atoms with E-state index in [4.69, 9.17) is 0 Å². The molecular formula is C23H30BrN2+. The fourth-order valence-corrected chi connectivity index (χ4v) is 5.18. The molecule has 1 aliphatic heterocycles. The van der Waals surface area contributed by atoms with Gasteiger partial charge in [0.15, 0.2) is 0 Å². The minimum atomic E-state index is 1.05. The summed E-state index contributed by atoms with van der Waals surface area (Å²) in [5.41, 5.74) is 10.7. The number of halogens is 1. The molecule has 0 saturated carbocycles. The van der Waals surface area contributed by atoms with Crippen LogP contribution in [-0.2, 0) is 0 Å². The summed E-state index contributed by atoms with van der Waals surface area (Å²) in [5.74, 6) is 0. The number of anilines is 1. The molecule has 0 saturated heterocycles. The van der Waals surface area contributed by atoms with Crippen LogP contribution in [-0.4, -0.2) is 22.4 Å².